The predicted molar refractivity (Wildman–Crippen MR) is 75.9 cm³/mol. The van der Waals surface area contributed by atoms with E-state index in [0.29, 0.717) is 19.4 Å². The van der Waals surface area contributed by atoms with E-state index in [0.717, 1.165) is 19.5 Å². The van der Waals surface area contributed by atoms with Gasteiger partial charge in [-0.15, -0.1) is 11.3 Å². The first-order chi connectivity index (χ1) is 9.20. The van der Waals surface area contributed by atoms with Crippen LogP contribution in [0.5, 0.6) is 0 Å². The first-order valence-electron chi connectivity index (χ1n) is 6.44. The van der Waals surface area contributed by atoms with Gasteiger partial charge in [-0.25, -0.2) is 0 Å². The lowest BCUT2D eigenvalue weighted by atomic mass is 10.1. The minimum Gasteiger partial charge on any atom is -0.353 e. The zero-order chi connectivity index (χ0) is 13.7. The summed E-state index contributed by atoms with van der Waals surface area (Å²) in [6.45, 7) is 5.44. The van der Waals surface area contributed by atoms with Crippen molar-refractivity contribution in [2.24, 2.45) is 0 Å². The molecule has 2 amide bonds. The predicted octanol–water partition coefficient (Wildman–Crippen LogP) is 1.72. The van der Waals surface area contributed by atoms with Gasteiger partial charge in [-0.3, -0.25) is 9.59 Å². The zero-order valence-electron chi connectivity index (χ0n) is 10.9. The number of carbonyl (C=O) groups is 2. The topological polar surface area (TPSA) is 49.4 Å². The highest BCUT2D eigenvalue weighted by atomic mass is 32.1. The molecule has 1 aromatic rings. The molecule has 0 aliphatic carbocycles. The number of thiophene rings is 1. The second-order valence-corrected chi connectivity index (χ2v) is 5.53. The molecule has 19 heavy (non-hydrogen) atoms. The van der Waals surface area contributed by atoms with Gasteiger partial charge in [0, 0.05) is 30.9 Å². The number of amides is 2. The minimum absolute atomic E-state index is 0.171. The summed E-state index contributed by atoms with van der Waals surface area (Å²) in [5, 5.41) is 4.76. The molecular formula is C14H18N2O2S. The molecule has 1 aliphatic heterocycles. The van der Waals surface area contributed by atoms with Crippen LogP contribution in [0.25, 0.3) is 0 Å². The van der Waals surface area contributed by atoms with Crippen LogP contribution in [0.1, 0.15) is 23.3 Å². The van der Waals surface area contributed by atoms with Crippen LogP contribution in [0.4, 0.5) is 0 Å². The summed E-state index contributed by atoms with van der Waals surface area (Å²) in [7, 11) is 0. The number of hydrogen-bond acceptors (Lipinski definition) is 3. The van der Waals surface area contributed by atoms with Gasteiger partial charge >= 0.3 is 0 Å². The summed E-state index contributed by atoms with van der Waals surface area (Å²) in [6.07, 6.45) is 3.36. The van der Waals surface area contributed by atoms with Crippen LogP contribution < -0.4 is 5.32 Å². The molecule has 0 atom stereocenters. The van der Waals surface area contributed by atoms with Crippen LogP contribution in [0.3, 0.4) is 0 Å². The Balaban J connectivity index is 1.73. The maximum atomic E-state index is 12.0. The molecule has 1 aliphatic rings. The van der Waals surface area contributed by atoms with Crippen LogP contribution in [0.15, 0.2) is 24.1 Å². The van der Waals surface area contributed by atoms with Crippen molar-refractivity contribution in [2.45, 2.75) is 25.8 Å². The number of fused-ring (bicyclic) bond motifs is 1. The summed E-state index contributed by atoms with van der Waals surface area (Å²) < 4.78 is 0. The van der Waals surface area contributed by atoms with Gasteiger partial charge in [0.15, 0.2) is 0 Å². The quantitative estimate of drug-likeness (QED) is 0.658. The van der Waals surface area contributed by atoms with E-state index in [-0.39, 0.29) is 11.8 Å². The van der Waals surface area contributed by atoms with Crippen LogP contribution in [0, 0.1) is 0 Å². The minimum atomic E-state index is -0.187. The first kappa shape index (κ1) is 13.8. The lowest BCUT2D eigenvalue weighted by molar-refractivity contribution is -0.132. The Morgan fingerprint density at radius 1 is 1.53 bits per heavy atom. The largest absolute Gasteiger partial charge is 0.353 e. The van der Waals surface area contributed by atoms with Gasteiger partial charge in [0.25, 0.3) is 0 Å². The lowest BCUT2D eigenvalue weighted by Gasteiger charge is -2.27. The zero-order valence-corrected chi connectivity index (χ0v) is 11.7. The van der Waals surface area contributed by atoms with Gasteiger partial charge < -0.3 is 10.2 Å². The summed E-state index contributed by atoms with van der Waals surface area (Å²) in [6, 6.07) is 2.10. The monoisotopic (exact) mass is 278 g/mol. The molecule has 0 radical (unpaired) electrons. The molecule has 2 heterocycles. The molecule has 0 spiro atoms. The van der Waals surface area contributed by atoms with Gasteiger partial charge in [0.1, 0.15) is 0 Å². The Bertz CT molecular complexity index is 482. The number of hydrogen-bond donors (Lipinski definition) is 1. The van der Waals surface area contributed by atoms with Gasteiger partial charge in [0.2, 0.25) is 11.8 Å². The molecular weight excluding hydrogens is 260 g/mol. The smallest absolute Gasteiger partial charge is 0.243 e. The SMILES string of the molecule is C=CC(=O)NCCCC(=O)N1CCc2sccc2C1. The van der Waals surface area contributed by atoms with Crippen molar-refractivity contribution in [2.75, 3.05) is 13.1 Å². The Morgan fingerprint density at radius 2 is 2.37 bits per heavy atom. The maximum absolute atomic E-state index is 12.0. The molecule has 0 saturated carbocycles. The van der Waals surface area contributed by atoms with E-state index in [1.807, 2.05) is 4.90 Å². The van der Waals surface area contributed by atoms with E-state index in [1.54, 1.807) is 11.3 Å². The van der Waals surface area contributed by atoms with Crippen molar-refractivity contribution in [1.82, 2.24) is 10.2 Å². The maximum Gasteiger partial charge on any atom is 0.243 e. The molecule has 4 nitrogen and oxygen atoms in total. The Labute approximate surface area is 117 Å². The van der Waals surface area contributed by atoms with E-state index < -0.39 is 0 Å². The number of nitrogens with zero attached hydrogens (tertiary/aromatic N) is 1. The average molecular weight is 278 g/mol. The Morgan fingerprint density at radius 3 is 3.16 bits per heavy atom. The molecule has 0 fully saturated rings. The summed E-state index contributed by atoms with van der Waals surface area (Å²) in [4.78, 5) is 26.3. The third-order valence-electron chi connectivity index (χ3n) is 3.21. The van der Waals surface area contributed by atoms with E-state index in [2.05, 4.69) is 23.3 Å². The molecule has 102 valence electrons. The standard InChI is InChI=1S/C14H18N2O2S/c1-2-13(17)15-7-3-4-14(18)16-8-5-12-11(10-16)6-9-19-12/h2,6,9H,1,3-5,7-8,10H2,(H,15,17). The molecule has 1 N–H and O–H groups in total. The highest BCUT2D eigenvalue weighted by Gasteiger charge is 2.20. The number of carbonyl (C=O) groups excluding carboxylic acids is 2. The van der Waals surface area contributed by atoms with Crippen molar-refractivity contribution < 1.29 is 9.59 Å². The second kappa shape index (κ2) is 6.52. The van der Waals surface area contributed by atoms with Crippen LogP contribution in [-0.2, 0) is 22.6 Å². The van der Waals surface area contributed by atoms with E-state index >= 15 is 0 Å². The van der Waals surface area contributed by atoms with Crippen LogP contribution >= 0.6 is 11.3 Å². The molecule has 2 rings (SSSR count). The lowest BCUT2D eigenvalue weighted by Crippen LogP contribution is -2.35. The fraction of sp³-hybridized carbons (Fsp3) is 0.429. The Hall–Kier alpha value is -1.62. The van der Waals surface area contributed by atoms with Crippen molar-refractivity contribution in [1.29, 1.82) is 0 Å². The normalized spacial score (nSPS) is 13.8. The first-order valence-corrected chi connectivity index (χ1v) is 7.32. The van der Waals surface area contributed by atoms with Crippen LogP contribution in [0.2, 0.25) is 0 Å². The van der Waals surface area contributed by atoms with Gasteiger partial charge in [-0.1, -0.05) is 6.58 Å². The van der Waals surface area contributed by atoms with Gasteiger partial charge in [-0.2, -0.15) is 0 Å². The average Bonchev–Trinajstić information content (AvgIpc) is 2.90. The summed E-state index contributed by atoms with van der Waals surface area (Å²) in [5.41, 5.74) is 1.28. The second-order valence-electron chi connectivity index (χ2n) is 4.53. The van der Waals surface area contributed by atoms with Gasteiger partial charge in [-0.05, 0) is 35.9 Å². The number of rotatable bonds is 5. The Kier molecular flexibility index (Phi) is 4.74. The highest BCUT2D eigenvalue weighted by molar-refractivity contribution is 7.10. The van der Waals surface area contributed by atoms with E-state index in [9.17, 15) is 9.59 Å². The molecule has 0 bridgehead atoms. The molecule has 1 aromatic heterocycles. The van der Waals surface area contributed by atoms with E-state index in [1.165, 1.54) is 16.5 Å². The fourth-order valence-electron chi connectivity index (χ4n) is 2.14. The number of nitrogens with one attached hydrogen (secondary N) is 1. The third kappa shape index (κ3) is 3.67. The molecule has 5 heteroatoms. The fourth-order valence-corrected chi connectivity index (χ4v) is 3.03. The molecule has 0 unspecified atom stereocenters. The van der Waals surface area contributed by atoms with Crippen molar-refractivity contribution >= 4 is 23.2 Å². The van der Waals surface area contributed by atoms with E-state index in [4.69, 9.17) is 0 Å². The van der Waals surface area contributed by atoms with Crippen molar-refractivity contribution in [3.8, 4) is 0 Å². The molecule has 0 saturated heterocycles. The van der Waals surface area contributed by atoms with Gasteiger partial charge in [0.05, 0.1) is 0 Å². The highest BCUT2D eigenvalue weighted by Crippen LogP contribution is 2.24. The summed E-state index contributed by atoms with van der Waals surface area (Å²) >= 11 is 1.77. The van der Waals surface area contributed by atoms with Crippen molar-refractivity contribution in [3.05, 3.63) is 34.5 Å². The third-order valence-corrected chi connectivity index (χ3v) is 4.24. The summed E-state index contributed by atoms with van der Waals surface area (Å²) in [5.74, 6) is -0.0157. The van der Waals surface area contributed by atoms with Crippen LogP contribution in [-0.4, -0.2) is 29.8 Å². The van der Waals surface area contributed by atoms with Crippen molar-refractivity contribution in [3.63, 3.8) is 0 Å². The molecule has 0 aromatic carbocycles.